The lowest BCUT2D eigenvalue weighted by Crippen LogP contribution is -2.35. The second-order valence-corrected chi connectivity index (χ2v) is 6.00. The highest BCUT2D eigenvalue weighted by Crippen LogP contribution is 2.29. The molecule has 0 bridgehead atoms. The molecule has 1 atom stereocenters. The van der Waals surface area contributed by atoms with Gasteiger partial charge in [0, 0.05) is 24.0 Å². The van der Waals surface area contributed by atoms with Gasteiger partial charge in [0.2, 0.25) is 0 Å². The van der Waals surface area contributed by atoms with E-state index in [9.17, 15) is 0 Å². The van der Waals surface area contributed by atoms with E-state index in [-0.39, 0.29) is 0 Å². The lowest BCUT2D eigenvalue weighted by Gasteiger charge is -2.26. The summed E-state index contributed by atoms with van der Waals surface area (Å²) in [6.07, 6.45) is 1.10. The van der Waals surface area contributed by atoms with Crippen LogP contribution in [0.2, 0.25) is 0 Å². The average molecular weight is 324 g/mol. The fourth-order valence-electron chi connectivity index (χ4n) is 3.01. The molecule has 0 radical (unpaired) electrons. The zero-order chi connectivity index (χ0) is 16.9. The maximum absolute atomic E-state index is 6.01. The van der Waals surface area contributed by atoms with Gasteiger partial charge < -0.3 is 20.7 Å². The van der Waals surface area contributed by atoms with Crippen molar-refractivity contribution in [3.63, 3.8) is 0 Å². The van der Waals surface area contributed by atoms with E-state index in [0.29, 0.717) is 18.5 Å². The first kappa shape index (κ1) is 16.2. The van der Waals surface area contributed by atoms with E-state index in [1.165, 1.54) is 11.3 Å². The zero-order valence-electron chi connectivity index (χ0n) is 14.2. The Hall–Kier alpha value is -2.69. The van der Waals surface area contributed by atoms with Crippen molar-refractivity contribution < 1.29 is 4.74 Å². The molecule has 0 spiro atoms. The summed E-state index contributed by atoms with van der Waals surface area (Å²) in [6, 6.07) is 16.5. The molecule has 1 unspecified atom stereocenters. The smallest absolute Gasteiger partial charge is 0.193 e. The molecule has 3 rings (SSSR count). The molecule has 1 heterocycles. The molecule has 5 heteroatoms. The molecule has 1 aliphatic heterocycles. The second kappa shape index (κ2) is 7.25. The number of aliphatic imine (C=N–C) groups is 1. The molecule has 5 nitrogen and oxygen atoms in total. The third kappa shape index (κ3) is 3.62. The van der Waals surface area contributed by atoms with E-state index in [2.05, 4.69) is 46.4 Å². The van der Waals surface area contributed by atoms with Crippen LogP contribution < -0.4 is 20.7 Å². The fraction of sp³-hybridized carbons (Fsp3) is 0.316. The van der Waals surface area contributed by atoms with Crippen LogP contribution in [0.5, 0.6) is 5.75 Å². The summed E-state index contributed by atoms with van der Waals surface area (Å²) in [5, 5.41) is 3.11. The number of hydrogen-bond acceptors (Lipinski definition) is 3. The zero-order valence-corrected chi connectivity index (χ0v) is 14.2. The van der Waals surface area contributed by atoms with E-state index in [4.69, 9.17) is 10.5 Å². The molecular weight excluding hydrogens is 300 g/mol. The standard InChI is InChI=1S/C19H24N4O/c1-14(23-12-11-15-5-3-4-6-18(15)23)13-21-19(20)22-16-7-9-17(24-2)10-8-16/h3-10,14H,11-13H2,1-2H3,(H3,20,21,22). The quantitative estimate of drug-likeness (QED) is 0.656. The molecule has 24 heavy (non-hydrogen) atoms. The van der Waals surface area contributed by atoms with Gasteiger partial charge in [0.15, 0.2) is 5.96 Å². The van der Waals surface area contributed by atoms with Crippen LogP contribution in [0, 0.1) is 0 Å². The van der Waals surface area contributed by atoms with Gasteiger partial charge in [-0.2, -0.15) is 0 Å². The summed E-state index contributed by atoms with van der Waals surface area (Å²) < 4.78 is 5.14. The van der Waals surface area contributed by atoms with E-state index in [1.54, 1.807) is 7.11 Å². The predicted molar refractivity (Wildman–Crippen MR) is 100 cm³/mol. The SMILES string of the molecule is COc1ccc(NC(N)=NCC(C)N2CCc3ccccc32)cc1. The summed E-state index contributed by atoms with van der Waals surface area (Å²) in [5.41, 5.74) is 9.64. The minimum atomic E-state index is 0.310. The maximum atomic E-state index is 6.01. The average Bonchev–Trinajstić information content (AvgIpc) is 3.04. The molecule has 0 aromatic heterocycles. The number of benzene rings is 2. The van der Waals surface area contributed by atoms with Crippen molar-refractivity contribution in [2.45, 2.75) is 19.4 Å². The summed E-state index contributed by atoms with van der Waals surface area (Å²) in [4.78, 5) is 6.89. The van der Waals surface area contributed by atoms with Gasteiger partial charge in [-0.1, -0.05) is 18.2 Å². The molecule has 3 N–H and O–H groups in total. The van der Waals surface area contributed by atoms with Gasteiger partial charge in [-0.3, -0.25) is 4.99 Å². The highest BCUT2D eigenvalue weighted by Gasteiger charge is 2.22. The molecule has 0 saturated carbocycles. The van der Waals surface area contributed by atoms with E-state index < -0.39 is 0 Å². The van der Waals surface area contributed by atoms with E-state index in [0.717, 1.165) is 24.4 Å². The van der Waals surface area contributed by atoms with Crippen LogP contribution in [0.25, 0.3) is 0 Å². The Morgan fingerprint density at radius 3 is 2.75 bits per heavy atom. The van der Waals surface area contributed by atoms with Gasteiger partial charge >= 0.3 is 0 Å². The normalized spacial score (nSPS) is 15.1. The lowest BCUT2D eigenvalue weighted by atomic mass is 10.2. The third-order valence-electron chi connectivity index (χ3n) is 4.34. The molecule has 2 aromatic carbocycles. The number of nitrogens with two attached hydrogens (primary N) is 1. The van der Waals surface area contributed by atoms with Crippen molar-refractivity contribution in [1.29, 1.82) is 0 Å². The Bertz CT molecular complexity index is 712. The Morgan fingerprint density at radius 2 is 2.00 bits per heavy atom. The van der Waals surface area contributed by atoms with Crippen molar-refractivity contribution in [2.24, 2.45) is 10.7 Å². The monoisotopic (exact) mass is 324 g/mol. The molecule has 1 aliphatic rings. The van der Waals surface area contributed by atoms with Gasteiger partial charge in [-0.25, -0.2) is 0 Å². The van der Waals surface area contributed by atoms with Gasteiger partial charge in [0.1, 0.15) is 5.75 Å². The van der Waals surface area contributed by atoms with Gasteiger partial charge in [0.05, 0.1) is 13.7 Å². The Kier molecular flexibility index (Phi) is 4.89. The number of nitrogens with one attached hydrogen (secondary N) is 1. The Morgan fingerprint density at radius 1 is 1.25 bits per heavy atom. The van der Waals surface area contributed by atoms with Crippen LogP contribution in [0.4, 0.5) is 11.4 Å². The van der Waals surface area contributed by atoms with Gasteiger partial charge in [-0.05, 0) is 49.2 Å². The van der Waals surface area contributed by atoms with Gasteiger partial charge in [-0.15, -0.1) is 0 Å². The number of ether oxygens (including phenoxy) is 1. The molecule has 126 valence electrons. The number of anilines is 2. The minimum absolute atomic E-state index is 0.310. The molecule has 2 aromatic rings. The largest absolute Gasteiger partial charge is 0.497 e. The van der Waals surface area contributed by atoms with Crippen molar-refractivity contribution >= 4 is 17.3 Å². The van der Waals surface area contributed by atoms with Crippen molar-refractivity contribution in [1.82, 2.24) is 0 Å². The molecule has 0 aliphatic carbocycles. The van der Waals surface area contributed by atoms with Crippen LogP contribution in [0.1, 0.15) is 12.5 Å². The van der Waals surface area contributed by atoms with Crippen LogP contribution in [-0.2, 0) is 6.42 Å². The summed E-state index contributed by atoms with van der Waals surface area (Å²) >= 11 is 0. The first-order valence-electron chi connectivity index (χ1n) is 8.23. The summed E-state index contributed by atoms with van der Waals surface area (Å²) in [6.45, 7) is 3.89. The van der Waals surface area contributed by atoms with Gasteiger partial charge in [0.25, 0.3) is 0 Å². The first-order valence-corrected chi connectivity index (χ1v) is 8.23. The predicted octanol–water partition coefficient (Wildman–Crippen LogP) is 2.87. The number of fused-ring (bicyclic) bond motifs is 1. The molecular formula is C19H24N4O. The fourth-order valence-corrected chi connectivity index (χ4v) is 3.01. The number of hydrogen-bond donors (Lipinski definition) is 2. The highest BCUT2D eigenvalue weighted by molar-refractivity contribution is 5.92. The molecule has 0 amide bonds. The van der Waals surface area contributed by atoms with Crippen molar-refractivity contribution in [2.75, 3.05) is 30.4 Å². The maximum Gasteiger partial charge on any atom is 0.193 e. The topological polar surface area (TPSA) is 62.9 Å². The molecule has 0 saturated heterocycles. The highest BCUT2D eigenvalue weighted by atomic mass is 16.5. The van der Waals surface area contributed by atoms with Crippen molar-refractivity contribution in [3.8, 4) is 5.75 Å². The number of guanidine groups is 1. The number of nitrogens with zero attached hydrogens (tertiary/aromatic N) is 2. The van der Waals surface area contributed by atoms with Crippen LogP contribution in [0.3, 0.4) is 0 Å². The van der Waals surface area contributed by atoms with E-state index >= 15 is 0 Å². The summed E-state index contributed by atoms with van der Waals surface area (Å²) in [7, 11) is 1.65. The van der Waals surface area contributed by atoms with Crippen LogP contribution >= 0.6 is 0 Å². The summed E-state index contributed by atoms with van der Waals surface area (Å²) in [5.74, 6) is 1.25. The molecule has 0 fully saturated rings. The second-order valence-electron chi connectivity index (χ2n) is 6.00. The number of para-hydroxylation sites is 1. The Balaban J connectivity index is 1.58. The third-order valence-corrected chi connectivity index (χ3v) is 4.34. The van der Waals surface area contributed by atoms with Crippen LogP contribution in [0.15, 0.2) is 53.5 Å². The minimum Gasteiger partial charge on any atom is -0.497 e. The van der Waals surface area contributed by atoms with Crippen molar-refractivity contribution in [3.05, 3.63) is 54.1 Å². The lowest BCUT2D eigenvalue weighted by molar-refractivity contribution is 0.415. The van der Waals surface area contributed by atoms with Crippen LogP contribution in [-0.4, -0.2) is 32.2 Å². The number of rotatable bonds is 5. The van der Waals surface area contributed by atoms with E-state index in [1.807, 2.05) is 24.3 Å². The Labute approximate surface area is 143 Å². The number of methoxy groups -OCH3 is 1. The first-order chi connectivity index (χ1) is 11.7.